The summed E-state index contributed by atoms with van der Waals surface area (Å²) in [5.74, 6) is -0.347. The lowest BCUT2D eigenvalue weighted by Crippen LogP contribution is -1.93. The van der Waals surface area contributed by atoms with E-state index in [0.29, 0.717) is 12.2 Å². The summed E-state index contributed by atoms with van der Waals surface area (Å²) in [6.07, 6.45) is 5.88. The van der Waals surface area contributed by atoms with Crippen LogP contribution in [0.25, 0.3) is 10.8 Å². The van der Waals surface area contributed by atoms with Gasteiger partial charge in [0.1, 0.15) is 5.75 Å². The molecule has 0 saturated carbocycles. The first-order valence-electron chi connectivity index (χ1n) is 7.53. The molecule has 0 atom stereocenters. The third-order valence-electron chi connectivity index (χ3n) is 3.23. The zero-order valence-corrected chi connectivity index (χ0v) is 12.6. The van der Waals surface area contributed by atoms with Crippen LogP contribution in [0.1, 0.15) is 45.4 Å². The number of fused-ring (bicyclic) bond motifs is 1. The van der Waals surface area contributed by atoms with E-state index in [1.54, 1.807) is 12.1 Å². The summed E-state index contributed by atoms with van der Waals surface area (Å²) in [6.45, 7) is 2.15. The van der Waals surface area contributed by atoms with Crippen molar-refractivity contribution in [2.75, 3.05) is 0 Å². The molecule has 0 bridgehead atoms. The van der Waals surface area contributed by atoms with Gasteiger partial charge in [-0.3, -0.25) is 4.79 Å². The molecule has 2 N–H and O–H groups in total. The minimum absolute atomic E-state index is 0.323. The van der Waals surface area contributed by atoms with Crippen LogP contribution in [0.3, 0.4) is 0 Å². The average Bonchev–Trinajstić information content (AvgIpc) is 2.47. The molecule has 0 aliphatic heterocycles. The molecular weight excluding hydrogens is 264 g/mol. The summed E-state index contributed by atoms with van der Waals surface area (Å²) < 4.78 is 0. The number of benzene rings is 2. The Labute approximate surface area is 126 Å². The number of aromatic hydroxyl groups is 1. The number of rotatable bonds is 6. The van der Waals surface area contributed by atoms with Crippen LogP contribution < -0.4 is 0 Å². The van der Waals surface area contributed by atoms with Crippen molar-refractivity contribution in [3.8, 4) is 5.75 Å². The van der Waals surface area contributed by atoms with Crippen molar-refractivity contribution in [2.24, 2.45) is 0 Å². The van der Waals surface area contributed by atoms with Gasteiger partial charge in [0, 0.05) is 6.42 Å². The first-order valence-corrected chi connectivity index (χ1v) is 7.53. The molecule has 0 aliphatic carbocycles. The molecule has 0 aromatic heterocycles. The van der Waals surface area contributed by atoms with E-state index in [1.165, 1.54) is 19.3 Å². The van der Waals surface area contributed by atoms with Crippen molar-refractivity contribution in [3.63, 3.8) is 0 Å². The van der Waals surface area contributed by atoms with Gasteiger partial charge in [-0.15, -0.1) is 0 Å². The maximum atomic E-state index is 10.0. The van der Waals surface area contributed by atoms with Crippen molar-refractivity contribution < 1.29 is 15.0 Å². The summed E-state index contributed by atoms with van der Waals surface area (Å²) in [6, 6.07) is 13.3. The molecule has 0 saturated heterocycles. The predicted octanol–water partition coefficient (Wildman–Crippen LogP) is 4.98. The second-order valence-electron chi connectivity index (χ2n) is 5.09. The minimum atomic E-state index is -0.670. The van der Waals surface area contributed by atoms with Gasteiger partial charge < -0.3 is 10.2 Å². The maximum Gasteiger partial charge on any atom is 0.303 e. The highest BCUT2D eigenvalue weighted by molar-refractivity contribution is 5.83. The summed E-state index contributed by atoms with van der Waals surface area (Å²) in [5.41, 5.74) is 0. The average molecular weight is 288 g/mol. The quantitative estimate of drug-likeness (QED) is 0.737. The Morgan fingerprint density at radius 3 is 2.29 bits per heavy atom. The Hall–Kier alpha value is -2.03. The molecule has 2 rings (SSSR count). The van der Waals surface area contributed by atoms with Gasteiger partial charge in [-0.2, -0.15) is 0 Å². The fourth-order valence-corrected chi connectivity index (χ4v) is 2.06. The SMILES string of the molecule is CCCCCCCC(=O)O.Oc1ccc2ccccc2c1. The zero-order valence-electron chi connectivity index (χ0n) is 12.6. The third-order valence-corrected chi connectivity index (χ3v) is 3.23. The van der Waals surface area contributed by atoms with Crippen LogP contribution in [0, 0.1) is 0 Å². The molecule has 3 nitrogen and oxygen atoms in total. The van der Waals surface area contributed by atoms with Gasteiger partial charge in [-0.05, 0) is 29.3 Å². The van der Waals surface area contributed by atoms with Crippen molar-refractivity contribution in [1.29, 1.82) is 0 Å². The zero-order chi connectivity index (χ0) is 15.5. The van der Waals surface area contributed by atoms with Crippen LogP contribution in [0.4, 0.5) is 0 Å². The van der Waals surface area contributed by atoms with E-state index in [1.807, 2.05) is 30.3 Å². The normalized spacial score (nSPS) is 9.95. The number of phenols is 1. The number of aliphatic carboxylic acids is 1. The van der Waals surface area contributed by atoms with E-state index in [2.05, 4.69) is 6.92 Å². The molecule has 0 spiro atoms. The van der Waals surface area contributed by atoms with Gasteiger partial charge in [0.2, 0.25) is 0 Å². The molecule has 0 fully saturated rings. The summed E-state index contributed by atoms with van der Waals surface area (Å²) in [5, 5.41) is 19.6. The molecule has 3 heteroatoms. The second kappa shape index (κ2) is 9.81. The monoisotopic (exact) mass is 288 g/mol. The molecule has 0 amide bonds. The van der Waals surface area contributed by atoms with Gasteiger partial charge >= 0.3 is 5.97 Å². The Balaban J connectivity index is 0.000000212. The minimum Gasteiger partial charge on any atom is -0.508 e. The second-order valence-corrected chi connectivity index (χ2v) is 5.09. The van der Waals surface area contributed by atoms with E-state index in [0.717, 1.165) is 23.6 Å². The summed E-state index contributed by atoms with van der Waals surface area (Å²) >= 11 is 0. The number of unbranched alkanes of at least 4 members (excludes halogenated alkanes) is 4. The summed E-state index contributed by atoms with van der Waals surface area (Å²) in [7, 11) is 0. The van der Waals surface area contributed by atoms with Gasteiger partial charge in [0.05, 0.1) is 0 Å². The first-order chi connectivity index (χ1) is 10.1. The highest BCUT2D eigenvalue weighted by Crippen LogP contribution is 2.18. The van der Waals surface area contributed by atoms with Crippen LogP contribution in [-0.4, -0.2) is 16.2 Å². The van der Waals surface area contributed by atoms with Gasteiger partial charge in [-0.25, -0.2) is 0 Å². The van der Waals surface area contributed by atoms with E-state index in [-0.39, 0.29) is 0 Å². The van der Waals surface area contributed by atoms with Crippen molar-refractivity contribution in [1.82, 2.24) is 0 Å². The Bertz CT molecular complexity index is 549. The van der Waals surface area contributed by atoms with E-state index in [9.17, 15) is 4.79 Å². The first kappa shape index (κ1) is 17.0. The predicted molar refractivity (Wildman–Crippen MR) is 86.6 cm³/mol. The summed E-state index contributed by atoms with van der Waals surface area (Å²) in [4.78, 5) is 10.0. The Morgan fingerprint density at radius 1 is 0.952 bits per heavy atom. The lowest BCUT2D eigenvalue weighted by atomic mass is 10.1. The van der Waals surface area contributed by atoms with Crippen LogP contribution in [-0.2, 0) is 4.79 Å². The molecule has 21 heavy (non-hydrogen) atoms. The number of hydrogen-bond donors (Lipinski definition) is 2. The Morgan fingerprint density at radius 2 is 1.62 bits per heavy atom. The van der Waals surface area contributed by atoms with E-state index < -0.39 is 5.97 Å². The van der Waals surface area contributed by atoms with Crippen molar-refractivity contribution >= 4 is 16.7 Å². The van der Waals surface area contributed by atoms with Gasteiger partial charge in [-0.1, -0.05) is 62.9 Å². The van der Waals surface area contributed by atoms with Crippen LogP contribution >= 0.6 is 0 Å². The molecule has 2 aromatic rings. The standard InChI is InChI=1S/C10H8O.C8H16O2/c11-10-6-5-8-3-1-2-4-9(8)7-10;1-2-3-4-5-6-7-8(9)10/h1-7,11H;2-7H2,1H3,(H,9,10). The molecule has 114 valence electrons. The number of carboxylic acid groups (broad SMARTS) is 1. The third kappa shape index (κ3) is 7.35. The fraction of sp³-hybridized carbons (Fsp3) is 0.389. The smallest absolute Gasteiger partial charge is 0.303 e. The lowest BCUT2D eigenvalue weighted by molar-refractivity contribution is -0.137. The van der Waals surface area contributed by atoms with Crippen LogP contribution in [0.2, 0.25) is 0 Å². The molecule has 0 unspecified atom stereocenters. The largest absolute Gasteiger partial charge is 0.508 e. The molecular formula is C18H24O3. The van der Waals surface area contributed by atoms with Crippen molar-refractivity contribution in [3.05, 3.63) is 42.5 Å². The van der Waals surface area contributed by atoms with Gasteiger partial charge in [0.25, 0.3) is 0 Å². The fourth-order valence-electron chi connectivity index (χ4n) is 2.06. The number of carboxylic acids is 1. The molecule has 0 heterocycles. The topological polar surface area (TPSA) is 57.5 Å². The highest BCUT2D eigenvalue weighted by atomic mass is 16.4. The van der Waals surface area contributed by atoms with Crippen molar-refractivity contribution in [2.45, 2.75) is 45.4 Å². The number of hydrogen-bond acceptors (Lipinski definition) is 2. The number of phenolic OH excluding ortho intramolecular Hbond substituents is 1. The number of carbonyl (C=O) groups is 1. The Kier molecular flexibility index (Phi) is 7.95. The van der Waals surface area contributed by atoms with Crippen LogP contribution in [0.5, 0.6) is 5.75 Å². The lowest BCUT2D eigenvalue weighted by Gasteiger charge is -1.96. The van der Waals surface area contributed by atoms with E-state index in [4.69, 9.17) is 10.2 Å². The van der Waals surface area contributed by atoms with E-state index >= 15 is 0 Å². The molecule has 2 aromatic carbocycles. The maximum absolute atomic E-state index is 10.0. The van der Waals surface area contributed by atoms with Crippen LogP contribution in [0.15, 0.2) is 42.5 Å². The highest BCUT2D eigenvalue weighted by Gasteiger charge is 1.94. The molecule has 0 radical (unpaired) electrons. The van der Waals surface area contributed by atoms with Gasteiger partial charge in [0.15, 0.2) is 0 Å². The molecule has 0 aliphatic rings.